The van der Waals surface area contributed by atoms with Gasteiger partial charge in [0.15, 0.2) is 9.84 Å². The lowest BCUT2D eigenvalue weighted by Crippen LogP contribution is -2.28. The number of hydrogen-bond donors (Lipinski definition) is 2. The minimum atomic E-state index is -3.35. The number of benzene rings is 2. The van der Waals surface area contributed by atoms with Gasteiger partial charge in [-0.15, -0.1) is 0 Å². The summed E-state index contributed by atoms with van der Waals surface area (Å²) >= 11 is 0. The van der Waals surface area contributed by atoms with Crippen molar-refractivity contribution in [3.63, 3.8) is 0 Å². The quantitative estimate of drug-likeness (QED) is 0.696. The fourth-order valence-corrected chi connectivity index (χ4v) is 5.26. The Morgan fingerprint density at radius 2 is 1.67 bits per heavy atom. The zero-order valence-electron chi connectivity index (χ0n) is 16.2. The third kappa shape index (κ3) is 5.21. The summed E-state index contributed by atoms with van der Waals surface area (Å²) in [6, 6.07) is 8.60. The Hall–Kier alpha value is -2.81. The molecule has 3 rings (SSSR count). The first-order valence-corrected chi connectivity index (χ1v) is 11.2. The second kappa shape index (κ2) is 9.34. The average molecular weight is 436 g/mol. The number of rotatable bonds is 7. The molecule has 6 nitrogen and oxygen atoms in total. The smallest absolute Gasteiger partial charge is 0.254 e. The number of anilines is 1. The maximum Gasteiger partial charge on any atom is 0.254 e. The number of amides is 2. The number of hydrogen-bond acceptors (Lipinski definition) is 4. The van der Waals surface area contributed by atoms with Crippen LogP contribution in [-0.2, 0) is 14.6 Å². The van der Waals surface area contributed by atoms with Gasteiger partial charge >= 0.3 is 0 Å². The highest BCUT2D eigenvalue weighted by atomic mass is 32.2. The monoisotopic (exact) mass is 436 g/mol. The van der Waals surface area contributed by atoms with Crippen LogP contribution in [0.3, 0.4) is 0 Å². The maximum absolute atomic E-state index is 13.6. The molecule has 2 N–H and O–H groups in total. The third-order valence-electron chi connectivity index (χ3n) is 5.02. The number of sulfone groups is 1. The first-order chi connectivity index (χ1) is 14.3. The van der Waals surface area contributed by atoms with Crippen LogP contribution in [0, 0.1) is 11.6 Å². The molecule has 1 aliphatic carbocycles. The van der Waals surface area contributed by atoms with Gasteiger partial charge in [-0.2, -0.15) is 0 Å². The standard InChI is InChI=1S/C21H22F2N2O4S/c22-14-5-10-18(19(23)13-14)21(27)24-12-11-20(26)25-15-6-8-17(9-7-15)30(28,29)16-3-1-2-4-16/h5-10,13,16H,1-4,11-12H2,(H,24,27)(H,25,26). The Bertz CT molecular complexity index is 1030. The van der Waals surface area contributed by atoms with E-state index in [4.69, 9.17) is 0 Å². The van der Waals surface area contributed by atoms with Crippen LogP contribution in [0.1, 0.15) is 42.5 Å². The van der Waals surface area contributed by atoms with Gasteiger partial charge in [-0.25, -0.2) is 17.2 Å². The lowest BCUT2D eigenvalue weighted by Gasteiger charge is -2.12. The number of halogens is 2. The van der Waals surface area contributed by atoms with E-state index >= 15 is 0 Å². The molecule has 0 atom stereocenters. The zero-order valence-corrected chi connectivity index (χ0v) is 17.0. The van der Waals surface area contributed by atoms with E-state index in [2.05, 4.69) is 10.6 Å². The van der Waals surface area contributed by atoms with E-state index < -0.39 is 33.3 Å². The van der Waals surface area contributed by atoms with Crippen molar-refractivity contribution >= 4 is 27.3 Å². The zero-order chi connectivity index (χ0) is 21.7. The van der Waals surface area contributed by atoms with Crippen molar-refractivity contribution in [1.82, 2.24) is 5.32 Å². The normalized spacial score (nSPS) is 14.5. The van der Waals surface area contributed by atoms with E-state index in [1.165, 1.54) is 24.3 Å². The van der Waals surface area contributed by atoms with Crippen molar-refractivity contribution < 1.29 is 26.8 Å². The summed E-state index contributed by atoms with van der Waals surface area (Å²) in [6.45, 7) is -0.0460. The van der Waals surface area contributed by atoms with Gasteiger partial charge in [0, 0.05) is 24.7 Å². The highest BCUT2D eigenvalue weighted by Gasteiger charge is 2.30. The second-order valence-corrected chi connectivity index (χ2v) is 9.38. The molecule has 2 aromatic carbocycles. The molecule has 0 spiro atoms. The van der Waals surface area contributed by atoms with Gasteiger partial charge < -0.3 is 10.6 Å². The molecule has 0 heterocycles. The highest BCUT2D eigenvalue weighted by Crippen LogP contribution is 2.30. The summed E-state index contributed by atoms with van der Waals surface area (Å²) in [6.07, 6.45) is 3.12. The number of carbonyl (C=O) groups is 2. The van der Waals surface area contributed by atoms with Gasteiger partial charge in [-0.1, -0.05) is 12.8 Å². The summed E-state index contributed by atoms with van der Waals surface area (Å²) in [5.41, 5.74) is 0.122. The summed E-state index contributed by atoms with van der Waals surface area (Å²) in [4.78, 5) is 24.2. The van der Waals surface area contributed by atoms with Gasteiger partial charge in [0.25, 0.3) is 5.91 Å². The predicted octanol–water partition coefficient (Wildman–Crippen LogP) is 3.44. The van der Waals surface area contributed by atoms with E-state index in [1.54, 1.807) is 0 Å². The largest absolute Gasteiger partial charge is 0.351 e. The van der Waals surface area contributed by atoms with Gasteiger partial charge in [0.1, 0.15) is 11.6 Å². The molecule has 30 heavy (non-hydrogen) atoms. The Labute approximate surface area is 173 Å². The molecule has 1 saturated carbocycles. The molecule has 0 aromatic heterocycles. The Morgan fingerprint density at radius 1 is 1.00 bits per heavy atom. The van der Waals surface area contributed by atoms with E-state index in [1.807, 2.05) is 0 Å². The molecule has 0 unspecified atom stereocenters. The maximum atomic E-state index is 13.6. The molecule has 0 radical (unpaired) electrons. The molecule has 2 aromatic rings. The fraction of sp³-hybridized carbons (Fsp3) is 0.333. The van der Waals surface area contributed by atoms with Crippen LogP contribution in [0.2, 0.25) is 0 Å². The summed E-state index contributed by atoms with van der Waals surface area (Å²) < 4.78 is 51.6. The van der Waals surface area contributed by atoms with Crippen LogP contribution in [0.25, 0.3) is 0 Å². The van der Waals surface area contributed by atoms with Gasteiger partial charge in [0.2, 0.25) is 5.91 Å². The van der Waals surface area contributed by atoms with Crippen molar-refractivity contribution in [2.75, 3.05) is 11.9 Å². The van der Waals surface area contributed by atoms with E-state index in [0.717, 1.165) is 25.0 Å². The van der Waals surface area contributed by atoms with Crippen LogP contribution in [0.15, 0.2) is 47.4 Å². The van der Waals surface area contributed by atoms with Crippen molar-refractivity contribution in [2.24, 2.45) is 0 Å². The fourth-order valence-electron chi connectivity index (χ4n) is 3.40. The second-order valence-electron chi connectivity index (χ2n) is 7.15. The first kappa shape index (κ1) is 21.9. The van der Waals surface area contributed by atoms with Crippen molar-refractivity contribution in [3.8, 4) is 0 Å². The topological polar surface area (TPSA) is 92.3 Å². The van der Waals surface area contributed by atoms with Crippen molar-refractivity contribution in [2.45, 2.75) is 42.2 Å². The molecule has 160 valence electrons. The van der Waals surface area contributed by atoms with Crippen LogP contribution < -0.4 is 10.6 Å². The minimum absolute atomic E-state index is 0.0460. The molecule has 1 fully saturated rings. The minimum Gasteiger partial charge on any atom is -0.351 e. The van der Waals surface area contributed by atoms with E-state index in [9.17, 15) is 26.8 Å². The van der Waals surface area contributed by atoms with Gasteiger partial charge in [-0.05, 0) is 49.2 Å². The Kier molecular flexibility index (Phi) is 6.81. The SMILES string of the molecule is O=C(CCNC(=O)c1ccc(F)cc1F)Nc1ccc(S(=O)(=O)C2CCCC2)cc1. The molecule has 0 saturated heterocycles. The molecule has 1 aliphatic rings. The third-order valence-corrected chi connectivity index (χ3v) is 7.30. The summed E-state index contributed by atoms with van der Waals surface area (Å²) in [5, 5.41) is 4.67. The lowest BCUT2D eigenvalue weighted by atomic mass is 10.2. The predicted molar refractivity (Wildman–Crippen MR) is 108 cm³/mol. The Morgan fingerprint density at radius 3 is 2.30 bits per heavy atom. The first-order valence-electron chi connectivity index (χ1n) is 9.64. The highest BCUT2D eigenvalue weighted by molar-refractivity contribution is 7.92. The van der Waals surface area contributed by atoms with Gasteiger partial charge in [0.05, 0.1) is 15.7 Å². The summed E-state index contributed by atoms with van der Waals surface area (Å²) in [7, 11) is -3.35. The van der Waals surface area contributed by atoms with E-state index in [-0.39, 0.29) is 28.7 Å². The Balaban J connectivity index is 1.49. The van der Waals surface area contributed by atoms with Crippen molar-refractivity contribution in [3.05, 3.63) is 59.7 Å². The molecule has 0 aliphatic heterocycles. The van der Waals surface area contributed by atoms with Crippen LogP contribution in [-0.4, -0.2) is 32.0 Å². The molecule has 2 amide bonds. The van der Waals surface area contributed by atoms with Crippen LogP contribution >= 0.6 is 0 Å². The number of nitrogens with one attached hydrogen (secondary N) is 2. The lowest BCUT2D eigenvalue weighted by molar-refractivity contribution is -0.116. The van der Waals surface area contributed by atoms with Gasteiger partial charge in [-0.3, -0.25) is 9.59 Å². The molecular weight excluding hydrogens is 414 g/mol. The summed E-state index contributed by atoms with van der Waals surface area (Å²) in [5.74, 6) is -2.92. The van der Waals surface area contributed by atoms with Crippen LogP contribution in [0.4, 0.5) is 14.5 Å². The van der Waals surface area contributed by atoms with Crippen molar-refractivity contribution in [1.29, 1.82) is 0 Å². The molecular formula is C21H22F2N2O4S. The molecule has 9 heteroatoms. The molecule has 0 bridgehead atoms. The van der Waals surface area contributed by atoms with Crippen LogP contribution in [0.5, 0.6) is 0 Å². The number of carbonyl (C=O) groups excluding carboxylic acids is 2. The average Bonchev–Trinajstić information content (AvgIpc) is 3.24. The van der Waals surface area contributed by atoms with E-state index in [0.29, 0.717) is 24.6 Å².